The molecule has 5 heteroatoms. The number of carbonyl (C=O) groups is 1. The van der Waals surface area contributed by atoms with Crippen LogP contribution in [0, 0.1) is 11.3 Å². The van der Waals surface area contributed by atoms with Crippen LogP contribution in [0.5, 0.6) is 0 Å². The first-order valence-electron chi connectivity index (χ1n) is 10.0. The number of benzene rings is 1. The summed E-state index contributed by atoms with van der Waals surface area (Å²) in [6.45, 7) is 12.3. The zero-order chi connectivity index (χ0) is 20.3. The van der Waals surface area contributed by atoms with Crippen LogP contribution in [0.3, 0.4) is 0 Å². The fourth-order valence-corrected chi connectivity index (χ4v) is 5.43. The number of carbonyl (C=O) groups excluding carboxylic acids is 1. The third-order valence-corrected chi connectivity index (χ3v) is 8.20. The maximum atomic E-state index is 12.9. The first-order valence-corrected chi connectivity index (χ1v) is 11.5. The van der Waals surface area contributed by atoms with Crippen LogP contribution in [0.15, 0.2) is 35.2 Å². The standard InChI is InChI=1S/C22H35NO3S/c1-21(2,3)20(24)18-11-9-15-23(17-18)16-10-14-22(4,5)27(25,26)19-12-7-6-8-13-19/h6-8,12-13,18H,9-11,14-17H2,1-5H3. The average Bonchev–Trinajstić information content (AvgIpc) is 2.61. The van der Waals surface area contributed by atoms with Crippen LogP contribution in [0.2, 0.25) is 0 Å². The zero-order valence-electron chi connectivity index (χ0n) is 17.5. The van der Waals surface area contributed by atoms with Gasteiger partial charge in [0.2, 0.25) is 0 Å². The maximum absolute atomic E-state index is 12.9. The molecule has 152 valence electrons. The van der Waals surface area contributed by atoms with Crippen molar-refractivity contribution >= 4 is 15.6 Å². The van der Waals surface area contributed by atoms with Gasteiger partial charge >= 0.3 is 0 Å². The SMILES string of the molecule is CC(C)(C)C(=O)C1CCCN(CCCC(C)(C)S(=O)(=O)c2ccccc2)C1. The molecule has 2 rings (SSSR count). The van der Waals surface area contributed by atoms with Gasteiger partial charge in [0.25, 0.3) is 0 Å². The molecular formula is C22H35NO3S. The molecule has 1 aliphatic heterocycles. The topological polar surface area (TPSA) is 54.5 Å². The monoisotopic (exact) mass is 393 g/mol. The summed E-state index contributed by atoms with van der Waals surface area (Å²) in [6, 6.07) is 8.71. The van der Waals surface area contributed by atoms with Gasteiger partial charge in [-0.3, -0.25) is 4.79 Å². The summed E-state index contributed by atoms with van der Waals surface area (Å²) >= 11 is 0. The third kappa shape index (κ3) is 5.41. The number of likely N-dealkylation sites (tertiary alicyclic amines) is 1. The molecule has 0 aromatic heterocycles. The molecule has 1 aliphatic rings. The summed E-state index contributed by atoms with van der Waals surface area (Å²) in [5, 5.41) is 0. The summed E-state index contributed by atoms with van der Waals surface area (Å²) in [5.41, 5.74) is -0.292. The first-order chi connectivity index (χ1) is 12.4. The molecule has 1 atom stereocenters. The minimum atomic E-state index is -3.36. The number of piperidine rings is 1. The van der Waals surface area contributed by atoms with Crippen LogP contribution in [-0.2, 0) is 14.6 Å². The van der Waals surface area contributed by atoms with Crippen LogP contribution in [0.25, 0.3) is 0 Å². The van der Waals surface area contributed by atoms with Gasteiger partial charge < -0.3 is 4.90 Å². The molecule has 1 aromatic carbocycles. The van der Waals surface area contributed by atoms with E-state index >= 15 is 0 Å². The molecule has 1 saturated heterocycles. The molecule has 0 amide bonds. The molecule has 0 saturated carbocycles. The van der Waals surface area contributed by atoms with Crippen molar-refractivity contribution in [2.75, 3.05) is 19.6 Å². The minimum absolute atomic E-state index is 0.111. The third-order valence-electron chi connectivity index (χ3n) is 5.65. The molecule has 0 N–H and O–H groups in total. The summed E-state index contributed by atoms with van der Waals surface area (Å²) in [7, 11) is -3.36. The van der Waals surface area contributed by atoms with Gasteiger partial charge in [-0.2, -0.15) is 0 Å². The molecule has 0 bridgehead atoms. The molecule has 27 heavy (non-hydrogen) atoms. The number of rotatable bonds is 7. The van der Waals surface area contributed by atoms with Crippen molar-refractivity contribution in [1.29, 1.82) is 0 Å². The number of hydrogen-bond donors (Lipinski definition) is 0. The Morgan fingerprint density at radius 2 is 1.74 bits per heavy atom. The van der Waals surface area contributed by atoms with Gasteiger partial charge in [0, 0.05) is 17.9 Å². The fourth-order valence-electron chi connectivity index (χ4n) is 3.87. The molecular weight excluding hydrogens is 358 g/mol. The molecule has 0 radical (unpaired) electrons. The Morgan fingerprint density at radius 1 is 1.11 bits per heavy atom. The van der Waals surface area contributed by atoms with Crippen molar-refractivity contribution in [1.82, 2.24) is 4.90 Å². The molecule has 0 aliphatic carbocycles. The zero-order valence-corrected chi connectivity index (χ0v) is 18.3. The lowest BCUT2D eigenvalue weighted by Crippen LogP contribution is -2.43. The fraction of sp³-hybridized carbons (Fsp3) is 0.682. The van der Waals surface area contributed by atoms with Crippen molar-refractivity contribution < 1.29 is 13.2 Å². The van der Waals surface area contributed by atoms with Crippen molar-refractivity contribution in [2.24, 2.45) is 11.3 Å². The lowest BCUT2D eigenvalue weighted by molar-refractivity contribution is -0.132. The van der Waals surface area contributed by atoms with E-state index in [-0.39, 0.29) is 11.3 Å². The van der Waals surface area contributed by atoms with Gasteiger partial charge in [-0.15, -0.1) is 0 Å². The summed E-state index contributed by atoms with van der Waals surface area (Å²) in [5.74, 6) is 0.457. The lowest BCUT2D eigenvalue weighted by Gasteiger charge is -2.35. The highest BCUT2D eigenvalue weighted by atomic mass is 32.2. The number of Topliss-reactive ketones (excluding diaryl/α,β-unsaturated/α-hetero) is 1. The smallest absolute Gasteiger partial charge is 0.183 e. The van der Waals surface area contributed by atoms with Gasteiger partial charge in [-0.05, 0) is 64.8 Å². The Hall–Kier alpha value is -1.20. The van der Waals surface area contributed by atoms with Crippen molar-refractivity contribution in [3.8, 4) is 0 Å². The van der Waals surface area contributed by atoms with Crippen molar-refractivity contribution in [3.63, 3.8) is 0 Å². The van der Waals surface area contributed by atoms with Crippen LogP contribution < -0.4 is 0 Å². The van der Waals surface area contributed by atoms with E-state index in [0.717, 1.165) is 38.9 Å². The lowest BCUT2D eigenvalue weighted by atomic mass is 9.79. The highest BCUT2D eigenvalue weighted by molar-refractivity contribution is 7.92. The van der Waals surface area contributed by atoms with E-state index in [1.807, 2.05) is 40.7 Å². The highest BCUT2D eigenvalue weighted by Crippen LogP contribution is 2.30. The second-order valence-corrected chi connectivity index (χ2v) is 12.0. The largest absolute Gasteiger partial charge is 0.303 e. The first kappa shape index (κ1) is 22.1. The van der Waals surface area contributed by atoms with E-state index in [1.165, 1.54) is 0 Å². The van der Waals surface area contributed by atoms with E-state index in [4.69, 9.17) is 0 Å². The number of nitrogens with zero attached hydrogens (tertiary/aromatic N) is 1. The van der Waals surface area contributed by atoms with Crippen molar-refractivity contribution in [3.05, 3.63) is 30.3 Å². The van der Waals surface area contributed by atoms with E-state index in [1.54, 1.807) is 24.3 Å². The van der Waals surface area contributed by atoms with Crippen LogP contribution in [0.1, 0.15) is 60.3 Å². The van der Waals surface area contributed by atoms with Gasteiger partial charge in [0.05, 0.1) is 9.64 Å². The number of hydrogen-bond acceptors (Lipinski definition) is 4. The Morgan fingerprint density at radius 3 is 2.33 bits per heavy atom. The number of ketones is 1. The van der Waals surface area contributed by atoms with Crippen LogP contribution >= 0.6 is 0 Å². The van der Waals surface area contributed by atoms with Gasteiger partial charge in [-0.1, -0.05) is 39.0 Å². The predicted molar refractivity (Wildman–Crippen MR) is 111 cm³/mol. The van der Waals surface area contributed by atoms with E-state index in [9.17, 15) is 13.2 Å². The summed E-state index contributed by atoms with van der Waals surface area (Å²) < 4.78 is 25.1. The summed E-state index contributed by atoms with van der Waals surface area (Å²) in [4.78, 5) is 15.3. The predicted octanol–water partition coefficient (Wildman–Crippen LogP) is 4.35. The normalized spacial score (nSPS) is 19.8. The maximum Gasteiger partial charge on any atom is 0.183 e. The number of sulfone groups is 1. The molecule has 1 aromatic rings. The Kier molecular flexibility index (Phi) is 6.91. The average molecular weight is 394 g/mol. The molecule has 1 fully saturated rings. The Bertz CT molecular complexity index is 733. The Balaban J connectivity index is 1.92. The van der Waals surface area contributed by atoms with Gasteiger partial charge in [0.15, 0.2) is 9.84 Å². The second kappa shape index (κ2) is 8.44. The quantitative estimate of drug-likeness (QED) is 0.691. The minimum Gasteiger partial charge on any atom is -0.303 e. The molecule has 1 unspecified atom stereocenters. The van der Waals surface area contributed by atoms with E-state index in [2.05, 4.69) is 4.90 Å². The van der Waals surface area contributed by atoms with Gasteiger partial charge in [-0.25, -0.2) is 8.42 Å². The Labute approximate surface area is 165 Å². The van der Waals surface area contributed by atoms with Gasteiger partial charge in [0.1, 0.15) is 5.78 Å². The van der Waals surface area contributed by atoms with Crippen LogP contribution in [0.4, 0.5) is 0 Å². The van der Waals surface area contributed by atoms with Crippen molar-refractivity contribution in [2.45, 2.75) is 69.9 Å². The van der Waals surface area contributed by atoms with E-state index < -0.39 is 14.6 Å². The highest BCUT2D eigenvalue weighted by Gasteiger charge is 2.36. The summed E-state index contributed by atoms with van der Waals surface area (Å²) in [6.07, 6.45) is 3.44. The van der Waals surface area contributed by atoms with Crippen LogP contribution in [-0.4, -0.2) is 43.5 Å². The van der Waals surface area contributed by atoms with E-state index in [0.29, 0.717) is 17.1 Å². The second-order valence-electron chi connectivity index (χ2n) is 9.43. The molecule has 4 nitrogen and oxygen atoms in total. The molecule has 1 heterocycles. The molecule has 0 spiro atoms.